The zero-order valence-electron chi connectivity index (χ0n) is 6.66. The van der Waals surface area contributed by atoms with Gasteiger partial charge in [0.2, 0.25) is 0 Å². The minimum atomic E-state index is -0.140. The van der Waals surface area contributed by atoms with Gasteiger partial charge in [0, 0.05) is 7.05 Å². The first-order valence-corrected chi connectivity index (χ1v) is 3.70. The molecule has 0 atom stereocenters. The maximum Gasteiger partial charge on any atom is 0.345 e. The Balaban J connectivity index is 2.91. The van der Waals surface area contributed by atoms with Crippen LogP contribution >= 0.6 is 0 Å². The van der Waals surface area contributed by atoms with E-state index in [0.717, 1.165) is 11.0 Å². The van der Waals surface area contributed by atoms with E-state index in [2.05, 4.69) is 10.4 Å². The van der Waals surface area contributed by atoms with Crippen molar-refractivity contribution in [1.29, 1.82) is 0 Å². The zero-order chi connectivity index (χ0) is 8.55. The topological polar surface area (TPSA) is 49.8 Å². The average molecular weight is 163 g/mol. The second-order valence-corrected chi connectivity index (χ2v) is 2.51. The fraction of sp³-hybridized carbons (Fsp3) is 0.125. The molecule has 2 rings (SSSR count). The van der Waals surface area contributed by atoms with Gasteiger partial charge in [0.15, 0.2) is 0 Å². The van der Waals surface area contributed by atoms with Crippen LogP contribution in [0.2, 0.25) is 0 Å². The minimum absolute atomic E-state index is 0.140. The SMILES string of the molecule is CNn1c(=O)[nH]c2ccccc21. The number of hydrogen-bond acceptors (Lipinski definition) is 2. The van der Waals surface area contributed by atoms with Gasteiger partial charge in [0.1, 0.15) is 0 Å². The lowest BCUT2D eigenvalue weighted by Gasteiger charge is -1.98. The average Bonchev–Trinajstić information content (AvgIpc) is 2.40. The second kappa shape index (κ2) is 2.41. The van der Waals surface area contributed by atoms with Crippen molar-refractivity contribution in [3.05, 3.63) is 34.7 Å². The molecule has 0 aliphatic rings. The first-order valence-electron chi connectivity index (χ1n) is 3.70. The maximum absolute atomic E-state index is 11.2. The van der Waals surface area contributed by atoms with Crippen LogP contribution in [-0.4, -0.2) is 16.7 Å². The van der Waals surface area contributed by atoms with E-state index in [4.69, 9.17) is 0 Å². The van der Waals surface area contributed by atoms with Gasteiger partial charge in [-0.05, 0) is 12.1 Å². The second-order valence-electron chi connectivity index (χ2n) is 2.51. The summed E-state index contributed by atoms with van der Waals surface area (Å²) < 4.78 is 1.47. The lowest BCUT2D eigenvalue weighted by Crippen LogP contribution is -2.23. The molecule has 1 aromatic heterocycles. The lowest BCUT2D eigenvalue weighted by molar-refractivity contribution is 0.902. The van der Waals surface area contributed by atoms with E-state index in [9.17, 15) is 4.79 Å². The number of benzene rings is 1. The monoisotopic (exact) mass is 163 g/mol. The predicted octanol–water partition coefficient (Wildman–Crippen LogP) is 0.503. The van der Waals surface area contributed by atoms with Crippen LogP contribution in [0.5, 0.6) is 0 Å². The largest absolute Gasteiger partial charge is 0.345 e. The van der Waals surface area contributed by atoms with Crippen molar-refractivity contribution in [3.63, 3.8) is 0 Å². The van der Waals surface area contributed by atoms with Crippen molar-refractivity contribution in [1.82, 2.24) is 9.66 Å². The number of fused-ring (bicyclic) bond motifs is 1. The number of nitrogens with one attached hydrogen (secondary N) is 2. The van der Waals surface area contributed by atoms with E-state index < -0.39 is 0 Å². The summed E-state index contributed by atoms with van der Waals surface area (Å²) in [5, 5.41) is 0. The summed E-state index contributed by atoms with van der Waals surface area (Å²) in [5.74, 6) is 0. The number of hydrogen-bond donors (Lipinski definition) is 2. The van der Waals surface area contributed by atoms with Crippen LogP contribution in [0.1, 0.15) is 0 Å². The molecule has 62 valence electrons. The number of aromatic nitrogens is 2. The number of para-hydroxylation sites is 2. The van der Waals surface area contributed by atoms with E-state index in [-0.39, 0.29) is 5.69 Å². The third-order valence-electron chi connectivity index (χ3n) is 1.81. The van der Waals surface area contributed by atoms with Gasteiger partial charge in [-0.25, -0.2) is 9.47 Å². The molecule has 0 fully saturated rings. The first kappa shape index (κ1) is 6.97. The van der Waals surface area contributed by atoms with Crippen LogP contribution in [0.3, 0.4) is 0 Å². The van der Waals surface area contributed by atoms with Crippen molar-refractivity contribution >= 4 is 11.0 Å². The van der Waals surface area contributed by atoms with Crippen molar-refractivity contribution in [2.45, 2.75) is 0 Å². The van der Waals surface area contributed by atoms with Crippen LogP contribution in [0, 0.1) is 0 Å². The molecule has 0 spiro atoms. The molecular formula is C8H9N3O. The normalized spacial score (nSPS) is 10.4. The van der Waals surface area contributed by atoms with E-state index in [1.54, 1.807) is 7.05 Å². The first-order chi connectivity index (χ1) is 5.83. The predicted molar refractivity (Wildman–Crippen MR) is 47.8 cm³/mol. The molecule has 0 unspecified atom stereocenters. The van der Waals surface area contributed by atoms with Crippen molar-refractivity contribution in [2.24, 2.45) is 0 Å². The van der Waals surface area contributed by atoms with Crippen LogP contribution in [0.15, 0.2) is 29.1 Å². The van der Waals surface area contributed by atoms with Gasteiger partial charge in [-0.2, -0.15) is 0 Å². The highest BCUT2D eigenvalue weighted by Gasteiger charge is 2.01. The molecule has 0 aliphatic carbocycles. The van der Waals surface area contributed by atoms with Gasteiger partial charge < -0.3 is 10.4 Å². The smallest absolute Gasteiger partial charge is 0.324 e. The Kier molecular flexibility index (Phi) is 1.40. The molecule has 12 heavy (non-hydrogen) atoms. The highest BCUT2D eigenvalue weighted by atomic mass is 16.2. The van der Waals surface area contributed by atoms with E-state index in [0.29, 0.717) is 0 Å². The summed E-state index contributed by atoms with van der Waals surface area (Å²) in [6.45, 7) is 0. The molecule has 0 radical (unpaired) electrons. The van der Waals surface area contributed by atoms with Crippen molar-refractivity contribution in [2.75, 3.05) is 12.5 Å². The van der Waals surface area contributed by atoms with Crippen molar-refractivity contribution < 1.29 is 0 Å². The Morgan fingerprint density at radius 1 is 1.42 bits per heavy atom. The molecule has 4 heteroatoms. The quantitative estimate of drug-likeness (QED) is 0.643. The van der Waals surface area contributed by atoms with E-state index in [1.807, 2.05) is 24.3 Å². The molecule has 0 bridgehead atoms. The minimum Gasteiger partial charge on any atom is -0.324 e. The molecule has 0 amide bonds. The Hall–Kier alpha value is -1.71. The van der Waals surface area contributed by atoms with Gasteiger partial charge in [-0.3, -0.25) is 0 Å². The molecule has 4 nitrogen and oxygen atoms in total. The standard InChI is InChI=1S/C8H9N3O/c1-9-11-7-5-3-2-4-6(7)10-8(11)12/h2-5,9H,1H3,(H,10,12). The maximum atomic E-state index is 11.2. The summed E-state index contributed by atoms with van der Waals surface area (Å²) >= 11 is 0. The molecule has 1 heterocycles. The van der Waals surface area contributed by atoms with Crippen LogP contribution in [0.4, 0.5) is 0 Å². The van der Waals surface area contributed by atoms with Gasteiger partial charge in [0.25, 0.3) is 0 Å². The van der Waals surface area contributed by atoms with Crippen LogP contribution < -0.4 is 11.1 Å². The third-order valence-corrected chi connectivity index (χ3v) is 1.81. The number of aromatic amines is 1. The zero-order valence-corrected chi connectivity index (χ0v) is 6.66. The Morgan fingerprint density at radius 2 is 2.17 bits per heavy atom. The molecule has 2 N–H and O–H groups in total. The molecule has 0 aliphatic heterocycles. The number of H-pyrrole nitrogens is 1. The summed E-state index contributed by atoms with van der Waals surface area (Å²) in [5.41, 5.74) is 4.36. The third kappa shape index (κ3) is 0.812. The highest BCUT2D eigenvalue weighted by molar-refractivity contribution is 5.75. The lowest BCUT2D eigenvalue weighted by atomic mass is 10.3. The molecule has 1 aromatic carbocycles. The van der Waals surface area contributed by atoms with Crippen molar-refractivity contribution in [3.8, 4) is 0 Å². The number of rotatable bonds is 1. The number of nitrogens with zero attached hydrogens (tertiary/aromatic N) is 1. The van der Waals surface area contributed by atoms with Gasteiger partial charge in [0.05, 0.1) is 11.0 Å². The summed E-state index contributed by atoms with van der Waals surface area (Å²) in [7, 11) is 1.71. The van der Waals surface area contributed by atoms with Gasteiger partial charge in [-0.1, -0.05) is 12.1 Å². The summed E-state index contributed by atoms with van der Waals surface area (Å²) in [4.78, 5) is 13.9. The number of imidazole rings is 1. The van der Waals surface area contributed by atoms with E-state index in [1.165, 1.54) is 4.68 Å². The molecule has 0 saturated heterocycles. The molecule has 0 saturated carbocycles. The molecular weight excluding hydrogens is 154 g/mol. The fourth-order valence-electron chi connectivity index (χ4n) is 1.28. The summed E-state index contributed by atoms with van der Waals surface area (Å²) in [6, 6.07) is 7.52. The Labute approximate surface area is 68.8 Å². The van der Waals surface area contributed by atoms with Crippen LogP contribution in [0.25, 0.3) is 11.0 Å². The Morgan fingerprint density at radius 3 is 2.92 bits per heavy atom. The fourth-order valence-corrected chi connectivity index (χ4v) is 1.28. The van der Waals surface area contributed by atoms with Crippen LogP contribution in [-0.2, 0) is 0 Å². The highest BCUT2D eigenvalue weighted by Crippen LogP contribution is 2.06. The Bertz CT molecular complexity index is 455. The van der Waals surface area contributed by atoms with Gasteiger partial charge >= 0.3 is 5.69 Å². The summed E-state index contributed by atoms with van der Waals surface area (Å²) in [6.07, 6.45) is 0. The van der Waals surface area contributed by atoms with Gasteiger partial charge in [-0.15, -0.1) is 0 Å². The molecule has 2 aromatic rings. The van der Waals surface area contributed by atoms with E-state index >= 15 is 0 Å².